The molecule has 0 bridgehead atoms. The first-order chi connectivity index (χ1) is 19.4. The average Bonchev–Trinajstić information content (AvgIpc) is 3.36. The summed E-state index contributed by atoms with van der Waals surface area (Å²) in [5.74, 6) is -0.635. The molecular formula is C30H30FN5O4. The minimum absolute atomic E-state index is 0.0339. The molecule has 2 saturated heterocycles. The van der Waals surface area contributed by atoms with Crippen molar-refractivity contribution in [2.24, 2.45) is 5.10 Å². The number of cyclic esters (lactones) is 1. The number of benzene rings is 3. The Bertz CT molecular complexity index is 1410. The Kier molecular flexibility index (Phi) is 8.04. The molecule has 40 heavy (non-hydrogen) atoms. The summed E-state index contributed by atoms with van der Waals surface area (Å²) in [6.45, 7) is 4.31. The highest BCUT2D eigenvalue weighted by molar-refractivity contribution is 5.94. The van der Waals surface area contributed by atoms with Gasteiger partial charge in [0.25, 0.3) is 5.91 Å². The number of carbonyl (C=O) groups is 3. The molecular weight excluding hydrogens is 513 g/mol. The first-order valence-electron chi connectivity index (χ1n) is 13.1. The predicted molar refractivity (Wildman–Crippen MR) is 150 cm³/mol. The smallest absolute Gasteiger partial charge is 0.414 e. The molecule has 1 N–H and O–H groups in total. The SMILES string of the molecule is CC(=O)NC[C@H]1CN(c2ccc(-c3ccc(C=NN4CCN(C(=O)c5ccccc5)CC4)cc3)c(F)c2)C(=O)O1. The van der Waals surface area contributed by atoms with Gasteiger partial charge in [0.1, 0.15) is 11.9 Å². The lowest BCUT2D eigenvalue weighted by atomic mass is 10.0. The summed E-state index contributed by atoms with van der Waals surface area (Å²) in [5, 5.41) is 9.11. The van der Waals surface area contributed by atoms with Gasteiger partial charge in [-0.05, 0) is 41.5 Å². The van der Waals surface area contributed by atoms with Gasteiger partial charge in [0.2, 0.25) is 5.91 Å². The van der Waals surface area contributed by atoms with Crippen LogP contribution in [-0.4, -0.2) is 79.4 Å². The number of rotatable bonds is 7. The van der Waals surface area contributed by atoms with Gasteiger partial charge in [-0.15, -0.1) is 0 Å². The van der Waals surface area contributed by atoms with Crippen molar-refractivity contribution in [2.45, 2.75) is 13.0 Å². The van der Waals surface area contributed by atoms with E-state index in [1.807, 2.05) is 64.5 Å². The highest BCUT2D eigenvalue weighted by Gasteiger charge is 2.32. The zero-order valence-electron chi connectivity index (χ0n) is 22.1. The van der Waals surface area contributed by atoms with Crippen molar-refractivity contribution in [1.29, 1.82) is 0 Å². The third kappa shape index (κ3) is 6.28. The van der Waals surface area contributed by atoms with Crippen LogP contribution in [0.4, 0.5) is 14.9 Å². The first kappa shape index (κ1) is 26.9. The third-order valence-electron chi connectivity index (χ3n) is 6.87. The number of halogens is 1. The Balaban J connectivity index is 1.16. The number of carbonyl (C=O) groups excluding carboxylic acids is 3. The van der Waals surface area contributed by atoms with E-state index in [1.54, 1.807) is 18.3 Å². The molecule has 1 atom stereocenters. The van der Waals surface area contributed by atoms with E-state index in [1.165, 1.54) is 17.9 Å². The number of hydrogen-bond acceptors (Lipinski definition) is 6. The zero-order valence-corrected chi connectivity index (χ0v) is 22.1. The van der Waals surface area contributed by atoms with Crippen LogP contribution in [0.3, 0.4) is 0 Å². The minimum atomic E-state index is -0.574. The largest absolute Gasteiger partial charge is 0.442 e. The van der Waals surface area contributed by atoms with E-state index in [0.717, 1.165) is 5.56 Å². The molecule has 3 amide bonds. The molecule has 10 heteroatoms. The molecule has 206 valence electrons. The molecule has 3 aromatic carbocycles. The van der Waals surface area contributed by atoms with Gasteiger partial charge in [-0.1, -0.05) is 42.5 Å². The summed E-state index contributed by atoms with van der Waals surface area (Å²) in [6.07, 6.45) is 0.693. The summed E-state index contributed by atoms with van der Waals surface area (Å²) in [6, 6.07) is 21.3. The van der Waals surface area contributed by atoms with E-state index < -0.39 is 18.0 Å². The van der Waals surface area contributed by atoms with Gasteiger partial charge in [-0.25, -0.2) is 9.18 Å². The molecule has 3 aromatic rings. The average molecular weight is 544 g/mol. The van der Waals surface area contributed by atoms with Gasteiger partial charge in [0, 0.05) is 31.1 Å². The maximum Gasteiger partial charge on any atom is 0.414 e. The van der Waals surface area contributed by atoms with Crippen molar-refractivity contribution in [1.82, 2.24) is 15.2 Å². The van der Waals surface area contributed by atoms with Crippen LogP contribution in [0.25, 0.3) is 11.1 Å². The van der Waals surface area contributed by atoms with Crippen LogP contribution >= 0.6 is 0 Å². The molecule has 0 saturated carbocycles. The lowest BCUT2D eigenvalue weighted by Gasteiger charge is -2.33. The van der Waals surface area contributed by atoms with Crippen LogP contribution in [0.1, 0.15) is 22.8 Å². The normalized spacial score (nSPS) is 17.3. The molecule has 2 aliphatic rings. The van der Waals surface area contributed by atoms with Gasteiger partial charge in [-0.2, -0.15) is 5.10 Å². The topological polar surface area (TPSA) is 94.5 Å². The molecule has 9 nitrogen and oxygen atoms in total. The van der Waals surface area contributed by atoms with Gasteiger partial charge >= 0.3 is 6.09 Å². The number of nitrogens with zero attached hydrogens (tertiary/aromatic N) is 4. The second kappa shape index (κ2) is 12.0. The molecule has 2 heterocycles. The second-order valence-electron chi connectivity index (χ2n) is 9.70. The Morgan fingerprint density at radius 3 is 2.42 bits per heavy atom. The van der Waals surface area contributed by atoms with Gasteiger partial charge < -0.3 is 15.0 Å². The maximum atomic E-state index is 15.1. The molecule has 0 radical (unpaired) electrons. The molecule has 5 rings (SSSR count). The number of anilines is 1. The summed E-state index contributed by atoms with van der Waals surface area (Å²) < 4.78 is 20.3. The fraction of sp³-hybridized carbons (Fsp3) is 0.267. The van der Waals surface area contributed by atoms with Crippen molar-refractivity contribution in [3.63, 3.8) is 0 Å². The van der Waals surface area contributed by atoms with Crippen LogP contribution in [0, 0.1) is 5.82 Å². The van der Waals surface area contributed by atoms with Crippen LogP contribution in [0.2, 0.25) is 0 Å². The second-order valence-corrected chi connectivity index (χ2v) is 9.70. The molecule has 0 spiro atoms. The van der Waals surface area contributed by atoms with Crippen LogP contribution < -0.4 is 10.2 Å². The number of hydrogen-bond donors (Lipinski definition) is 1. The molecule has 0 aromatic heterocycles. The highest BCUT2D eigenvalue weighted by atomic mass is 19.1. The van der Waals surface area contributed by atoms with Crippen molar-refractivity contribution < 1.29 is 23.5 Å². The minimum Gasteiger partial charge on any atom is -0.442 e. The van der Waals surface area contributed by atoms with Crippen molar-refractivity contribution in [2.75, 3.05) is 44.2 Å². The quantitative estimate of drug-likeness (QED) is 0.458. The highest BCUT2D eigenvalue weighted by Crippen LogP contribution is 2.29. The number of ether oxygens (including phenoxy) is 1. The van der Waals surface area contributed by atoms with Crippen LogP contribution in [-0.2, 0) is 9.53 Å². The molecule has 0 unspecified atom stereocenters. The number of hydrazone groups is 1. The standard InChI is InChI=1S/C30H30FN5O4/c1-21(37)32-19-26-20-36(30(39)40-26)25-11-12-27(28(31)17-25)23-9-7-22(8-10-23)18-33-35-15-13-34(14-16-35)29(38)24-5-3-2-4-6-24/h2-12,17-18,26H,13-16,19-20H2,1H3,(H,32,37)/t26-/m0/s1. The maximum absolute atomic E-state index is 15.1. The molecule has 0 aliphatic carbocycles. The monoisotopic (exact) mass is 543 g/mol. The summed E-state index contributed by atoms with van der Waals surface area (Å²) >= 11 is 0. The molecule has 2 fully saturated rings. The summed E-state index contributed by atoms with van der Waals surface area (Å²) in [7, 11) is 0. The van der Waals surface area contributed by atoms with Gasteiger partial charge in [-0.3, -0.25) is 19.5 Å². The van der Waals surface area contributed by atoms with E-state index in [4.69, 9.17) is 4.74 Å². The first-order valence-corrected chi connectivity index (χ1v) is 13.1. The van der Waals surface area contributed by atoms with E-state index in [2.05, 4.69) is 10.4 Å². The molecule has 2 aliphatic heterocycles. The third-order valence-corrected chi connectivity index (χ3v) is 6.87. The Morgan fingerprint density at radius 1 is 1.02 bits per heavy atom. The van der Waals surface area contributed by atoms with Crippen LogP contribution in [0.5, 0.6) is 0 Å². The van der Waals surface area contributed by atoms with E-state index in [9.17, 15) is 14.4 Å². The fourth-order valence-corrected chi connectivity index (χ4v) is 4.68. The Labute approximate surface area is 231 Å². The zero-order chi connectivity index (χ0) is 28.1. The van der Waals surface area contributed by atoms with Crippen molar-refractivity contribution in [3.05, 3.63) is 89.7 Å². The van der Waals surface area contributed by atoms with E-state index in [-0.39, 0.29) is 24.9 Å². The summed E-state index contributed by atoms with van der Waals surface area (Å²) in [4.78, 5) is 39.2. The van der Waals surface area contributed by atoms with Gasteiger partial charge in [0.15, 0.2) is 0 Å². The number of nitrogens with one attached hydrogen (secondary N) is 1. The Morgan fingerprint density at radius 2 is 1.75 bits per heavy atom. The van der Waals surface area contributed by atoms with E-state index >= 15 is 4.39 Å². The lowest BCUT2D eigenvalue weighted by molar-refractivity contribution is -0.119. The van der Waals surface area contributed by atoms with Crippen molar-refractivity contribution >= 4 is 29.8 Å². The number of piperazine rings is 1. The lowest BCUT2D eigenvalue weighted by Crippen LogP contribution is -2.46. The van der Waals surface area contributed by atoms with Gasteiger partial charge in [0.05, 0.1) is 38.1 Å². The summed E-state index contributed by atoms with van der Waals surface area (Å²) in [5.41, 5.74) is 3.06. The number of amides is 3. The van der Waals surface area contributed by atoms with Crippen LogP contribution in [0.15, 0.2) is 77.9 Å². The Hall–Kier alpha value is -4.73. The fourth-order valence-electron chi connectivity index (χ4n) is 4.68. The predicted octanol–water partition coefficient (Wildman–Crippen LogP) is 3.75. The van der Waals surface area contributed by atoms with E-state index in [0.29, 0.717) is 48.6 Å². The van der Waals surface area contributed by atoms with Crippen molar-refractivity contribution in [3.8, 4) is 11.1 Å².